The van der Waals surface area contributed by atoms with Crippen LogP contribution in [0.1, 0.15) is 21.5 Å². The normalized spacial score (nSPS) is 10.1. The molecule has 1 amide bonds. The topological polar surface area (TPSA) is 55.1 Å². The smallest absolute Gasteiger partial charge is 0.255 e. The fraction of sp³-hybridized carbons (Fsp3) is 0.133. The minimum absolute atomic E-state index is 0.118. The molecule has 0 aliphatic heterocycles. The van der Waals surface area contributed by atoms with Crippen LogP contribution in [0.15, 0.2) is 42.5 Å². The van der Waals surface area contributed by atoms with Crippen molar-refractivity contribution in [1.29, 1.82) is 0 Å². The molecule has 0 fully saturated rings. The zero-order valence-electron chi connectivity index (χ0n) is 10.5. The molecule has 0 spiro atoms. The molecule has 92 valence electrons. The summed E-state index contributed by atoms with van der Waals surface area (Å²) >= 11 is 0. The molecular weight excluding hydrogens is 224 g/mol. The Morgan fingerprint density at radius 2 is 1.72 bits per heavy atom. The number of amides is 1. The third kappa shape index (κ3) is 2.35. The predicted octanol–water partition coefficient (Wildman–Crippen LogP) is 3.14. The molecule has 0 heterocycles. The van der Waals surface area contributed by atoms with Crippen molar-refractivity contribution in [2.24, 2.45) is 0 Å². The molecular formula is C15H16N2O. The van der Waals surface area contributed by atoms with Gasteiger partial charge in [0.15, 0.2) is 0 Å². The van der Waals surface area contributed by atoms with E-state index in [1.165, 1.54) is 0 Å². The summed E-state index contributed by atoms with van der Waals surface area (Å²) in [5.74, 6) is -0.118. The minimum atomic E-state index is -0.118. The van der Waals surface area contributed by atoms with E-state index in [9.17, 15) is 4.79 Å². The first-order chi connectivity index (χ1) is 8.59. The molecule has 3 N–H and O–H groups in total. The molecule has 0 unspecified atom stereocenters. The van der Waals surface area contributed by atoms with Gasteiger partial charge in [-0.15, -0.1) is 0 Å². The van der Waals surface area contributed by atoms with E-state index in [2.05, 4.69) is 5.32 Å². The summed E-state index contributed by atoms with van der Waals surface area (Å²) in [6, 6.07) is 12.9. The van der Waals surface area contributed by atoms with Crippen molar-refractivity contribution in [2.75, 3.05) is 11.1 Å². The average Bonchev–Trinajstić information content (AvgIpc) is 2.40. The van der Waals surface area contributed by atoms with Crippen LogP contribution in [-0.4, -0.2) is 5.91 Å². The van der Waals surface area contributed by atoms with E-state index in [0.29, 0.717) is 11.3 Å². The number of hydrogen-bond acceptors (Lipinski definition) is 2. The van der Waals surface area contributed by atoms with Gasteiger partial charge in [0.2, 0.25) is 0 Å². The maximum absolute atomic E-state index is 12.1. The fourth-order valence-corrected chi connectivity index (χ4v) is 1.83. The first-order valence-corrected chi connectivity index (χ1v) is 5.81. The number of nitrogen functional groups attached to an aromatic ring is 1. The van der Waals surface area contributed by atoms with Crippen molar-refractivity contribution < 1.29 is 4.79 Å². The lowest BCUT2D eigenvalue weighted by atomic mass is 10.1. The van der Waals surface area contributed by atoms with E-state index in [0.717, 1.165) is 16.8 Å². The number of benzene rings is 2. The Hall–Kier alpha value is -2.29. The van der Waals surface area contributed by atoms with Crippen molar-refractivity contribution in [3.63, 3.8) is 0 Å². The summed E-state index contributed by atoms with van der Waals surface area (Å²) in [7, 11) is 0. The standard InChI is InChI=1S/C15H16N2O/c1-10-8-9-13(16)11(2)14(10)17-15(18)12-6-4-3-5-7-12/h3-9H,16H2,1-2H3,(H,17,18). The second-order valence-electron chi connectivity index (χ2n) is 4.29. The lowest BCUT2D eigenvalue weighted by Crippen LogP contribution is -2.14. The number of hydrogen-bond donors (Lipinski definition) is 2. The highest BCUT2D eigenvalue weighted by atomic mass is 16.1. The number of carbonyl (C=O) groups excluding carboxylic acids is 1. The number of rotatable bonds is 2. The summed E-state index contributed by atoms with van der Waals surface area (Å²) in [6.07, 6.45) is 0. The number of anilines is 2. The molecule has 0 aliphatic rings. The summed E-state index contributed by atoms with van der Waals surface area (Å²) < 4.78 is 0. The lowest BCUT2D eigenvalue weighted by molar-refractivity contribution is 0.102. The van der Waals surface area contributed by atoms with Crippen LogP contribution in [0.5, 0.6) is 0 Å². The number of aryl methyl sites for hydroxylation is 1. The number of carbonyl (C=O) groups is 1. The highest BCUT2D eigenvalue weighted by Gasteiger charge is 2.10. The monoisotopic (exact) mass is 240 g/mol. The molecule has 0 radical (unpaired) electrons. The minimum Gasteiger partial charge on any atom is -0.398 e. The van der Waals surface area contributed by atoms with E-state index >= 15 is 0 Å². The maximum Gasteiger partial charge on any atom is 0.255 e. The van der Waals surface area contributed by atoms with Crippen LogP contribution < -0.4 is 11.1 Å². The Labute approximate surface area is 107 Å². The molecule has 0 aromatic heterocycles. The Bertz CT molecular complexity index is 577. The highest BCUT2D eigenvalue weighted by Crippen LogP contribution is 2.25. The van der Waals surface area contributed by atoms with Crippen molar-refractivity contribution >= 4 is 17.3 Å². The van der Waals surface area contributed by atoms with Gasteiger partial charge in [-0.05, 0) is 43.2 Å². The largest absolute Gasteiger partial charge is 0.398 e. The van der Waals surface area contributed by atoms with E-state index in [1.54, 1.807) is 12.1 Å². The second-order valence-corrected chi connectivity index (χ2v) is 4.29. The lowest BCUT2D eigenvalue weighted by Gasteiger charge is -2.13. The summed E-state index contributed by atoms with van der Waals surface area (Å²) in [5, 5.41) is 2.92. The van der Waals surface area contributed by atoms with Crippen molar-refractivity contribution in [1.82, 2.24) is 0 Å². The van der Waals surface area contributed by atoms with Crippen LogP contribution in [0.4, 0.5) is 11.4 Å². The third-order valence-corrected chi connectivity index (χ3v) is 2.99. The molecule has 0 atom stereocenters. The number of nitrogens with two attached hydrogens (primary N) is 1. The molecule has 0 saturated carbocycles. The zero-order chi connectivity index (χ0) is 13.1. The quantitative estimate of drug-likeness (QED) is 0.792. The Balaban J connectivity index is 2.30. The molecule has 3 nitrogen and oxygen atoms in total. The van der Waals surface area contributed by atoms with E-state index in [4.69, 9.17) is 5.73 Å². The second kappa shape index (κ2) is 4.92. The van der Waals surface area contributed by atoms with Gasteiger partial charge in [0.05, 0.1) is 0 Å². The Morgan fingerprint density at radius 1 is 1.06 bits per heavy atom. The first-order valence-electron chi connectivity index (χ1n) is 5.81. The maximum atomic E-state index is 12.1. The fourth-order valence-electron chi connectivity index (χ4n) is 1.83. The van der Waals surface area contributed by atoms with E-state index in [-0.39, 0.29) is 5.91 Å². The summed E-state index contributed by atoms with van der Waals surface area (Å²) in [4.78, 5) is 12.1. The van der Waals surface area contributed by atoms with Gasteiger partial charge in [-0.25, -0.2) is 0 Å². The Morgan fingerprint density at radius 3 is 2.39 bits per heavy atom. The summed E-state index contributed by atoms with van der Waals surface area (Å²) in [6.45, 7) is 3.86. The van der Waals surface area contributed by atoms with Gasteiger partial charge in [-0.2, -0.15) is 0 Å². The predicted molar refractivity (Wildman–Crippen MR) is 74.7 cm³/mol. The molecule has 3 heteroatoms. The molecule has 2 aromatic carbocycles. The molecule has 0 saturated heterocycles. The van der Waals surface area contributed by atoms with Crippen LogP contribution >= 0.6 is 0 Å². The van der Waals surface area contributed by atoms with Crippen LogP contribution in [0.3, 0.4) is 0 Å². The SMILES string of the molecule is Cc1ccc(N)c(C)c1NC(=O)c1ccccc1. The van der Waals surface area contributed by atoms with Gasteiger partial charge in [-0.3, -0.25) is 4.79 Å². The molecule has 2 rings (SSSR count). The van der Waals surface area contributed by atoms with Gasteiger partial charge >= 0.3 is 0 Å². The van der Waals surface area contributed by atoms with Gasteiger partial charge in [0, 0.05) is 16.9 Å². The van der Waals surface area contributed by atoms with Crippen LogP contribution in [-0.2, 0) is 0 Å². The van der Waals surface area contributed by atoms with Crippen LogP contribution in [0.25, 0.3) is 0 Å². The van der Waals surface area contributed by atoms with Crippen LogP contribution in [0, 0.1) is 13.8 Å². The highest BCUT2D eigenvalue weighted by molar-refractivity contribution is 6.05. The van der Waals surface area contributed by atoms with Crippen molar-refractivity contribution in [2.45, 2.75) is 13.8 Å². The summed E-state index contributed by atoms with van der Waals surface area (Å²) in [5.41, 5.74) is 9.88. The zero-order valence-corrected chi connectivity index (χ0v) is 10.5. The van der Waals surface area contributed by atoms with Gasteiger partial charge in [0.1, 0.15) is 0 Å². The van der Waals surface area contributed by atoms with E-state index < -0.39 is 0 Å². The van der Waals surface area contributed by atoms with E-state index in [1.807, 2.05) is 44.2 Å². The molecule has 0 bridgehead atoms. The van der Waals surface area contributed by atoms with Crippen molar-refractivity contribution in [3.05, 3.63) is 59.2 Å². The van der Waals surface area contributed by atoms with Gasteiger partial charge in [0.25, 0.3) is 5.91 Å². The Kier molecular flexibility index (Phi) is 3.33. The van der Waals surface area contributed by atoms with Gasteiger partial charge in [-0.1, -0.05) is 24.3 Å². The van der Waals surface area contributed by atoms with Crippen LogP contribution in [0.2, 0.25) is 0 Å². The van der Waals surface area contributed by atoms with Gasteiger partial charge < -0.3 is 11.1 Å². The molecule has 0 aliphatic carbocycles. The molecule has 2 aromatic rings. The third-order valence-electron chi connectivity index (χ3n) is 2.99. The van der Waals surface area contributed by atoms with Crippen molar-refractivity contribution in [3.8, 4) is 0 Å². The number of nitrogens with one attached hydrogen (secondary N) is 1. The first kappa shape index (κ1) is 12.2. The molecule has 18 heavy (non-hydrogen) atoms. The average molecular weight is 240 g/mol.